The molecule has 2 rings (SSSR count). The Hall–Kier alpha value is -0.300. The van der Waals surface area contributed by atoms with Gasteiger partial charge in [0.15, 0.2) is 0 Å². The van der Waals surface area contributed by atoms with Crippen molar-refractivity contribution in [2.45, 2.75) is 50.9 Å². The summed E-state index contributed by atoms with van der Waals surface area (Å²) >= 11 is 3.78. The number of hydrogen-bond donors (Lipinski definition) is 0. The van der Waals surface area contributed by atoms with Gasteiger partial charge in [0, 0.05) is 10.7 Å². The molecule has 0 bridgehead atoms. The molecule has 1 atom stereocenters. The molecule has 0 radical (unpaired) electrons. The average molecular weight is 295 g/mol. The second-order valence-corrected chi connectivity index (χ2v) is 6.05. The largest absolute Gasteiger partial charge is 0.0918 e. The first-order valence-electron chi connectivity index (χ1n) is 6.92. The molecule has 94 valence electrons. The van der Waals surface area contributed by atoms with Gasteiger partial charge in [0.25, 0.3) is 0 Å². The molecule has 1 aliphatic carbocycles. The summed E-state index contributed by atoms with van der Waals surface area (Å²) in [5.74, 6) is 0.952. The van der Waals surface area contributed by atoms with Gasteiger partial charge in [0.05, 0.1) is 0 Å². The predicted octanol–water partition coefficient (Wildman–Crippen LogP) is 5.31. The van der Waals surface area contributed by atoms with Gasteiger partial charge in [-0.05, 0) is 24.3 Å². The van der Waals surface area contributed by atoms with Crippen molar-refractivity contribution in [3.8, 4) is 0 Å². The van der Waals surface area contributed by atoms with Crippen LogP contribution in [0.3, 0.4) is 0 Å². The van der Waals surface area contributed by atoms with Crippen LogP contribution < -0.4 is 0 Å². The van der Waals surface area contributed by atoms with Crippen LogP contribution in [0, 0.1) is 5.92 Å². The Kier molecular flexibility index (Phi) is 4.67. The highest BCUT2D eigenvalue weighted by Gasteiger charge is 2.33. The third-order valence-electron chi connectivity index (χ3n) is 4.47. The minimum atomic E-state index is 0.357. The molecule has 1 saturated carbocycles. The quantitative estimate of drug-likeness (QED) is 0.646. The first-order valence-corrected chi connectivity index (χ1v) is 8.04. The zero-order valence-electron chi connectivity index (χ0n) is 10.8. The third kappa shape index (κ3) is 2.93. The minimum absolute atomic E-state index is 0.357. The Balaban J connectivity index is 2.19. The van der Waals surface area contributed by atoms with Crippen molar-refractivity contribution in [1.82, 2.24) is 0 Å². The van der Waals surface area contributed by atoms with E-state index in [1.165, 1.54) is 44.1 Å². The highest BCUT2D eigenvalue weighted by Crippen LogP contribution is 2.41. The molecule has 0 aliphatic heterocycles. The van der Waals surface area contributed by atoms with Crippen molar-refractivity contribution in [2.75, 3.05) is 5.33 Å². The SMILES string of the molecule is CCC(CBr)(CC1CCCC1)c1ccccc1. The van der Waals surface area contributed by atoms with Crippen molar-refractivity contribution in [1.29, 1.82) is 0 Å². The number of alkyl halides is 1. The zero-order chi connectivity index (χ0) is 12.1. The smallest absolute Gasteiger partial charge is 0.0129 e. The van der Waals surface area contributed by atoms with E-state index in [-0.39, 0.29) is 0 Å². The van der Waals surface area contributed by atoms with Crippen LogP contribution in [0.4, 0.5) is 0 Å². The number of halogens is 1. The van der Waals surface area contributed by atoms with E-state index >= 15 is 0 Å². The molecule has 1 unspecified atom stereocenters. The second-order valence-electron chi connectivity index (χ2n) is 5.49. The number of hydrogen-bond acceptors (Lipinski definition) is 0. The molecule has 17 heavy (non-hydrogen) atoms. The van der Waals surface area contributed by atoms with Gasteiger partial charge >= 0.3 is 0 Å². The summed E-state index contributed by atoms with van der Waals surface area (Å²) in [6.45, 7) is 2.34. The lowest BCUT2D eigenvalue weighted by Gasteiger charge is -2.34. The van der Waals surface area contributed by atoms with Crippen LogP contribution in [0.25, 0.3) is 0 Å². The fourth-order valence-corrected chi connectivity index (χ4v) is 4.20. The van der Waals surface area contributed by atoms with Crippen molar-refractivity contribution < 1.29 is 0 Å². The van der Waals surface area contributed by atoms with Gasteiger partial charge < -0.3 is 0 Å². The molecular weight excluding hydrogens is 272 g/mol. The molecule has 0 amide bonds. The van der Waals surface area contributed by atoms with E-state index in [0.29, 0.717) is 5.41 Å². The summed E-state index contributed by atoms with van der Waals surface area (Å²) in [5, 5.41) is 1.09. The van der Waals surface area contributed by atoms with E-state index in [2.05, 4.69) is 53.2 Å². The van der Waals surface area contributed by atoms with Gasteiger partial charge in [-0.25, -0.2) is 0 Å². The fourth-order valence-electron chi connectivity index (χ4n) is 3.25. The summed E-state index contributed by atoms with van der Waals surface area (Å²) in [6, 6.07) is 11.1. The fraction of sp³-hybridized carbons (Fsp3) is 0.625. The van der Waals surface area contributed by atoms with Crippen molar-refractivity contribution in [3.05, 3.63) is 35.9 Å². The molecule has 0 heterocycles. The Morgan fingerprint density at radius 2 is 1.82 bits per heavy atom. The minimum Gasteiger partial charge on any atom is -0.0918 e. The van der Waals surface area contributed by atoms with Crippen LogP contribution in [-0.2, 0) is 5.41 Å². The van der Waals surface area contributed by atoms with E-state index < -0.39 is 0 Å². The third-order valence-corrected chi connectivity index (χ3v) is 5.55. The lowest BCUT2D eigenvalue weighted by atomic mass is 9.73. The molecule has 0 aromatic heterocycles. The summed E-state index contributed by atoms with van der Waals surface area (Å²) in [5.41, 5.74) is 1.88. The summed E-state index contributed by atoms with van der Waals surface area (Å²) in [6.07, 6.45) is 8.38. The monoisotopic (exact) mass is 294 g/mol. The molecule has 1 aromatic carbocycles. The first kappa shape index (κ1) is 13.1. The van der Waals surface area contributed by atoms with Gasteiger partial charge in [0.1, 0.15) is 0 Å². The van der Waals surface area contributed by atoms with E-state index in [9.17, 15) is 0 Å². The molecule has 0 saturated heterocycles. The Morgan fingerprint density at radius 3 is 2.35 bits per heavy atom. The lowest BCUT2D eigenvalue weighted by Crippen LogP contribution is -2.29. The summed E-state index contributed by atoms with van der Waals surface area (Å²) in [4.78, 5) is 0. The first-order chi connectivity index (χ1) is 8.30. The topological polar surface area (TPSA) is 0 Å². The maximum atomic E-state index is 3.78. The highest BCUT2D eigenvalue weighted by atomic mass is 79.9. The van der Waals surface area contributed by atoms with Crippen LogP contribution in [0.1, 0.15) is 51.0 Å². The van der Waals surface area contributed by atoms with Crippen molar-refractivity contribution in [2.24, 2.45) is 5.92 Å². The Labute approximate surface area is 114 Å². The predicted molar refractivity (Wildman–Crippen MR) is 78.8 cm³/mol. The van der Waals surface area contributed by atoms with E-state index in [4.69, 9.17) is 0 Å². The Morgan fingerprint density at radius 1 is 1.18 bits per heavy atom. The van der Waals surface area contributed by atoms with Crippen molar-refractivity contribution >= 4 is 15.9 Å². The molecule has 1 fully saturated rings. The lowest BCUT2D eigenvalue weighted by molar-refractivity contribution is 0.338. The highest BCUT2D eigenvalue weighted by molar-refractivity contribution is 9.09. The standard InChI is InChI=1S/C16H23Br/c1-2-16(13-17,12-14-8-6-7-9-14)15-10-4-3-5-11-15/h3-5,10-11,14H,2,6-9,12-13H2,1H3. The van der Waals surface area contributed by atoms with Gasteiger partial charge in [-0.3, -0.25) is 0 Å². The zero-order valence-corrected chi connectivity index (χ0v) is 12.4. The van der Waals surface area contributed by atoms with Crippen LogP contribution in [0.15, 0.2) is 30.3 Å². The van der Waals surface area contributed by atoms with E-state index in [1.807, 2.05) is 0 Å². The molecular formula is C16H23Br. The molecule has 0 nitrogen and oxygen atoms in total. The van der Waals surface area contributed by atoms with Crippen molar-refractivity contribution in [3.63, 3.8) is 0 Å². The van der Waals surface area contributed by atoms with Crippen LogP contribution in [0.2, 0.25) is 0 Å². The summed E-state index contributed by atoms with van der Waals surface area (Å²) in [7, 11) is 0. The van der Waals surface area contributed by atoms with Gasteiger partial charge in [-0.2, -0.15) is 0 Å². The Bertz CT molecular complexity index is 321. The molecule has 1 aromatic rings. The summed E-state index contributed by atoms with van der Waals surface area (Å²) < 4.78 is 0. The number of rotatable bonds is 5. The molecule has 0 spiro atoms. The normalized spacial score (nSPS) is 20.4. The van der Waals surface area contributed by atoms with Gasteiger partial charge in [-0.15, -0.1) is 0 Å². The van der Waals surface area contributed by atoms with Crippen LogP contribution in [0.5, 0.6) is 0 Å². The maximum absolute atomic E-state index is 3.78. The van der Waals surface area contributed by atoms with Crippen LogP contribution >= 0.6 is 15.9 Å². The van der Waals surface area contributed by atoms with Gasteiger partial charge in [-0.1, -0.05) is 78.9 Å². The molecule has 1 aliphatic rings. The molecule has 0 N–H and O–H groups in total. The van der Waals surface area contributed by atoms with Crippen LogP contribution in [-0.4, -0.2) is 5.33 Å². The van der Waals surface area contributed by atoms with Gasteiger partial charge in [0.2, 0.25) is 0 Å². The van der Waals surface area contributed by atoms with E-state index in [0.717, 1.165) is 11.2 Å². The second kappa shape index (κ2) is 6.04. The molecule has 1 heteroatoms. The average Bonchev–Trinajstić information content (AvgIpc) is 2.90. The maximum Gasteiger partial charge on any atom is 0.0129 e. The number of benzene rings is 1. The van der Waals surface area contributed by atoms with E-state index in [1.54, 1.807) is 0 Å².